The van der Waals surface area contributed by atoms with E-state index in [-0.39, 0.29) is 5.54 Å². The molecule has 1 aliphatic carbocycles. The van der Waals surface area contributed by atoms with Gasteiger partial charge >= 0.3 is 0 Å². The minimum atomic E-state index is 0.242. The Morgan fingerprint density at radius 2 is 1.69 bits per heavy atom. The van der Waals surface area contributed by atoms with E-state index in [0.717, 1.165) is 6.54 Å². The van der Waals surface area contributed by atoms with Gasteiger partial charge in [-0.2, -0.15) is 0 Å². The second kappa shape index (κ2) is 4.16. The lowest BCUT2D eigenvalue weighted by molar-refractivity contribution is 0.234. The van der Waals surface area contributed by atoms with Crippen LogP contribution >= 0.6 is 11.8 Å². The third-order valence-corrected chi connectivity index (χ3v) is 3.89. The second-order valence-electron chi connectivity index (χ2n) is 4.57. The zero-order valence-corrected chi connectivity index (χ0v) is 8.95. The van der Waals surface area contributed by atoms with Gasteiger partial charge in [-0.25, -0.2) is 4.84 Å². The van der Waals surface area contributed by atoms with Crippen LogP contribution in [-0.4, -0.2) is 30.1 Å². The van der Waals surface area contributed by atoms with Gasteiger partial charge in [0.1, 0.15) is 0 Å². The molecule has 13 heavy (non-hydrogen) atoms. The number of rotatable bonds is 3. The average Bonchev–Trinajstić information content (AvgIpc) is 2.77. The van der Waals surface area contributed by atoms with Crippen molar-refractivity contribution < 1.29 is 0 Å². The van der Waals surface area contributed by atoms with Gasteiger partial charge in [-0.3, -0.25) is 0 Å². The fourth-order valence-corrected chi connectivity index (χ4v) is 2.95. The number of hydrogen-bond acceptors (Lipinski definition) is 2. The van der Waals surface area contributed by atoms with E-state index >= 15 is 0 Å². The summed E-state index contributed by atoms with van der Waals surface area (Å²) in [6, 6.07) is 0. The lowest BCUT2D eigenvalue weighted by Gasteiger charge is -2.31. The van der Waals surface area contributed by atoms with Crippen molar-refractivity contribution in [2.24, 2.45) is 0 Å². The Morgan fingerprint density at radius 3 is 2.23 bits per heavy atom. The molecule has 0 aromatic heterocycles. The van der Waals surface area contributed by atoms with Gasteiger partial charge in [0.15, 0.2) is 0 Å². The molecule has 2 nitrogen and oxygen atoms in total. The largest absolute Gasteiger partial charge is 0.301 e. The molecular formula is C10H19ClN2. The van der Waals surface area contributed by atoms with Crippen LogP contribution < -0.4 is 4.84 Å². The summed E-state index contributed by atoms with van der Waals surface area (Å²) in [6.45, 7) is 3.72. The van der Waals surface area contributed by atoms with Crippen LogP contribution in [0.1, 0.15) is 38.5 Å². The van der Waals surface area contributed by atoms with Gasteiger partial charge in [0.2, 0.25) is 0 Å². The first-order valence-corrected chi connectivity index (χ1v) is 5.83. The molecule has 3 heteroatoms. The van der Waals surface area contributed by atoms with E-state index in [4.69, 9.17) is 11.8 Å². The molecular weight excluding hydrogens is 184 g/mol. The number of likely N-dealkylation sites (tertiary alicyclic amines) is 1. The molecule has 2 rings (SSSR count). The van der Waals surface area contributed by atoms with Crippen LogP contribution in [0, 0.1) is 0 Å². The van der Waals surface area contributed by atoms with E-state index in [2.05, 4.69) is 9.74 Å². The maximum Gasteiger partial charge on any atom is 0.0458 e. The highest BCUT2D eigenvalue weighted by Gasteiger charge is 2.35. The summed E-state index contributed by atoms with van der Waals surface area (Å²) in [4.78, 5) is 5.59. The molecule has 0 atom stereocenters. The molecule has 1 heterocycles. The minimum Gasteiger partial charge on any atom is -0.301 e. The fourth-order valence-electron chi connectivity index (χ4n) is 2.70. The first kappa shape index (κ1) is 9.75. The Bertz CT molecular complexity index is 160. The molecule has 0 aromatic carbocycles. The molecule has 2 aliphatic rings. The monoisotopic (exact) mass is 202 g/mol. The summed E-state index contributed by atoms with van der Waals surface area (Å²) < 4.78 is 0. The van der Waals surface area contributed by atoms with E-state index in [0.29, 0.717) is 0 Å². The Kier molecular flexibility index (Phi) is 3.12. The lowest BCUT2D eigenvalue weighted by Crippen LogP contribution is -2.47. The number of nitrogens with one attached hydrogen (secondary N) is 1. The van der Waals surface area contributed by atoms with Crippen molar-refractivity contribution in [3.05, 3.63) is 0 Å². The Labute approximate surface area is 85.7 Å². The maximum absolute atomic E-state index is 5.87. The summed E-state index contributed by atoms with van der Waals surface area (Å²) in [6.07, 6.45) is 7.94. The Hall–Kier alpha value is 0.210. The smallest absolute Gasteiger partial charge is 0.0458 e. The summed E-state index contributed by atoms with van der Waals surface area (Å²) >= 11 is 5.87. The van der Waals surface area contributed by atoms with E-state index in [1.54, 1.807) is 0 Å². The van der Waals surface area contributed by atoms with Crippen molar-refractivity contribution in [3.63, 3.8) is 0 Å². The molecule has 76 valence electrons. The maximum atomic E-state index is 5.87. The van der Waals surface area contributed by atoms with Gasteiger partial charge in [0.05, 0.1) is 0 Å². The quantitative estimate of drug-likeness (QED) is 0.706. The SMILES string of the molecule is ClNC1(CN2CCCC2)CCCC1. The summed E-state index contributed by atoms with van der Waals surface area (Å²) in [5, 5.41) is 0. The Morgan fingerprint density at radius 1 is 1.08 bits per heavy atom. The van der Waals surface area contributed by atoms with Gasteiger partial charge < -0.3 is 4.90 Å². The first-order valence-electron chi connectivity index (χ1n) is 5.45. The molecule has 1 aliphatic heterocycles. The molecule has 0 unspecified atom stereocenters. The molecule has 0 amide bonds. The van der Waals surface area contributed by atoms with Crippen LogP contribution in [0.2, 0.25) is 0 Å². The van der Waals surface area contributed by atoms with Crippen LogP contribution in [0.25, 0.3) is 0 Å². The second-order valence-corrected chi connectivity index (χ2v) is 4.75. The molecule has 2 fully saturated rings. The molecule has 1 N–H and O–H groups in total. The topological polar surface area (TPSA) is 15.3 Å². The van der Waals surface area contributed by atoms with Gasteiger partial charge in [-0.15, -0.1) is 0 Å². The van der Waals surface area contributed by atoms with Crippen molar-refractivity contribution in [3.8, 4) is 0 Å². The van der Waals surface area contributed by atoms with Crippen molar-refractivity contribution in [2.75, 3.05) is 19.6 Å². The molecule has 1 saturated heterocycles. The summed E-state index contributed by atoms with van der Waals surface area (Å²) in [5.74, 6) is 0. The zero-order chi connectivity index (χ0) is 9.15. The molecule has 0 radical (unpaired) electrons. The van der Waals surface area contributed by atoms with Gasteiger partial charge in [-0.1, -0.05) is 12.8 Å². The molecule has 1 saturated carbocycles. The summed E-state index contributed by atoms with van der Waals surface area (Å²) in [7, 11) is 0. The summed E-state index contributed by atoms with van der Waals surface area (Å²) in [5.41, 5.74) is 0.242. The van der Waals surface area contributed by atoms with E-state index in [1.807, 2.05) is 0 Å². The standard InChI is InChI=1S/C10H19ClN2/c11-12-10(5-1-2-6-10)9-13-7-3-4-8-13/h12H,1-9H2. The average molecular weight is 203 g/mol. The molecule has 0 aromatic rings. The van der Waals surface area contributed by atoms with E-state index in [1.165, 1.54) is 51.6 Å². The highest BCUT2D eigenvalue weighted by molar-refractivity contribution is 6.13. The third-order valence-electron chi connectivity index (χ3n) is 3.49. The molecule has 0 spiro atoms. The van der Waals surface area contributed by atoms with E-state index in [9.17, 15) is 0 Å². The normalized spacial score (nSPS) is 28.4. The van der Waals surface area contributed by atoms with Crippen LogP contribution in [-0.2, 0) is 0 Å². The van der Waals surface area contributed by atoms with Crippen LogP contribution in [0.3, 0.4) is 0 Å². The lowest BCUT2D eigenvalue weighted by atomic mass is 9.99. The molecule has 0 bridgehead atoms. The van der Waals surface area contributed by atoms with Gasteiger partial charge in [0, 0.05) is 12.1 Å². The highest BCUT2D eigenvalue weighted by Crippen LogP contribution is 2.31. The van der Waals surface area contributed by atoms with Crippen molar-refractivity contribution in [1.29, 1.82) is 0 Å². The first-order chi connectivity index (χ1) is 6.35. The van der Waals surface area contributed by atoms with Crippen molar-refractivity contribution >= 4 is 11.8 Å². The Balaban J connectivity index is 1.88. The number of nitrogens with zero attached hydrogens (tertiary/aromatic N) is 1. The van der Waals surface area contributed by atoms with Gasteiger partial charge in [0.25, 0.3) is 0 Å². The zero-order valence-electron chi connectivity index (χ0n) is 8.19. The minimum absolute atomic E-state index is 0.242. The van der Waals surface area contributed by atoms with E-state index < -0.39 is 0 Å². The predicted molar refractivity (Wildman–Crippen MR) is 55.9 cm³/mol. The van der Waals surface area contributed by atoms with Crippen LogP contribution in [0.15, 0.2) is 0 Å². The van der Waals surface area contributed by atoms with Crippen LogP contribution in [0.5, 0.6) is 0 Å². The van der Waals surface area contributed by atoms with Gasteiger partial charge in [-0.05, 0) is 50.5 Å². The predicted octanol–water partition coefficient (Wildman–Crippen LogP) is 2.14. The number of hydrogen-bond donors (Lipinski definition) is 1. The van der Waals surface area contributed by atoms with Crippen LogP contribution in [0.4, 0.5) is 0 Å². The number of halogens is 1. The van der Waals surface area contributed by atoms with Crippen molar-refractivity contribution in [2.45, 2.75) is 44.1 Å². The van der Waals surface area contributed by atoms with Crippen molar-refractivity contribution in [1.82, 2.24) is 9.74 Å². The third kappa shape index (κ3) is 2.17. The highest BCUT2D eigenvalue weighted by atomic mass is 35.5. The fraction of sp³-hybridized carbons (Fsp3) is 1.00.